The number of nitrogen functional groups attached to an aromatic ring is 1. The van der Waals surface area contributed by atoms with Gasteiger partial charge in [0.15, 0.2) is 11.5 Å². The minimum absolute atomic E-state index is 0.0355. The van der Waals surface area contributed by atoms with Crippen LogP contribution < -0.4 is 5.73 Å². The molecule has 2 unspecified atom stereocenters. The van der Waals surface area contributed by atoms with Crippen molar-refractivity contribution >= 4 is 11.7 Å². The van der Waals surface area contributed by atoms with E-state index in [4.69, 9.17) is 5.73 Å². The third-order valence-corrected chi connectivity index (χ3v) is 4.75. The van der Waals surface area contributed by atoms with Crippen molar-refractivity contribution in [2.75, 3.05) is 12.3 Å². The van der Waals surface area contributed by atoms with Crippen molar-refractivity contribution in [3.8, 4) is 0 Å². The van der Waals surface area contributed by atoms with E-state index in [9.17, 15) is 9.90 Å². The van der Waals surface area contributed by atoms with Crippen LogP contribution in [0.15, 0.2) is 42.7 Å². The zero-order valence-corrected chi connectivity index (χ0v) is 14.2. The molecule has 6 nitrogen and oxygen atoms in total. The van der Waals surface area contributed by atoms with Crippen LogP contribution in [0.2, 0.25) is 0 Å². The lowest BCUT2D eigenvalue weighted by Gasteiger charge is -2.31. The van der Waals surface area contributed by atoms with Crippen LogP contribution in [0.5, 0.6) is 0 Å². The average molecular weight is 340 g/mol. The van der Waals surface area contributed by atoms with Gasteiger partial charge in [0, 0.05) is 25.0 Å². The molecule has 0 spiro atoms. The molecule has 0 saturated carbocycles. The molecule has 1 aliphatic rings. The monoisotopic (exact) mass is 340 g/mol. The number of aliphatic hydroxyl groups excluding tert-OH is 1. The van der Waals surface area contributed by atoms with E-state index in [0.29, 0.717) is 13.0 Å². The van der Waals surface area contributed by atoms with Gasteiger partial charge in [-0.05, 0) is 24.8 Å². The predicted octanol–water partition coefficient (Wildman–Crippen LogP) is 2.57. The van der Waals surface area contributed by atoms with Gasteiger partial charge < -0.3 is 15.7 Å². The first kappa shape index (κ1) is 17.4. The number of rotatable bonds is 4. The summed E-state index contributed by atoms with van der Waals surface area (Å²) in [5.41, 5.74) is 6.91. The second-order valence-corrected chi connectivity index (χ2v) is 6.45. The Balaban J connectivity index is 1.80. The molecule has 2 atom stereocenters. The Hall–Kier alpha value is -2.47. The SMILES string of the molecule is Nc1nccnc1C(=O)N1CCCCCC1CC(O)c1ccccc1. The van der Waals surface area contributed by atoms with Gasteiger partial charge >= 0.3 is 0 Å². The van der Waals surface area contributed by atoms with Crippen LogP contribution >= 0.6 is 0 Å². The first-order chi connectivity index (χ1) is 12.2. The topological polar surface area (TPSA) is 92.3 Å². The normalized spacial score (nSPS) is 19.2. The number of benzene rings is 1. The fraction of sp³-hybridized carbons (Fsp3) is 0.421. The number of hydrogen-bond acceptors (Lipinski definition) is 5. The van der Waals surface area contributed by atoms with Crippen LogP contribution in [0.25, 0.3) is 0 Å². The molecule has 3 rings (SSSR count). The molecule has 2 heterocycles. The average Bonchev–Trinajstić information content (AvgIpc) is 2.88. The van der Waals surface area contributed by atoms with E-state index < -0.39 is 6.10 Å². The smallest absolute Gasteiger partial charge is 0.276 e. The summed E-state index contributed by atoms with van der Waals surface area (Å²) >= 11 is 0. The van der Waals surface area contributed by atoms with Gasteiger partial charge in [0.1, 0.15) is 0 Å². The molecule has 3 N–H and O–H groups in total. The maximum absolute atomic E-state index is 13.0. The summed E-state index contributed by atoms with van der Waals surface area (Å²) in [6.45, 7) is 0.654. The Morgan fingerprint density at radius 1 is 1.20 bits per heavy atom. The van der Waals surface area contributed by atoms with Crippen LogP contribution in [0.1, 0.15) is 54.3 Å². The zero-order chi connectivity index (χ0) is 17.6. The van der Waals surface area contributed by atoms with Crippen molar-refractivity contribution in [2.24, 2.45) is 0 Å². The van der Waals surface area contributed by atoms with E-state index >= 15 is 0 Å². The van der Waals surface area contributed by atoms with Crippen molar-refractivity contribution in [3.63, 3.8) is 0 Å². The molecule has 0 bridgehead atoms. The molecule has 0 aliphatic carbocycles. The minimum atomic E-state index is -0.598. The number of anilines is 1. The van der Waals surface area contributed by atoms with Crippen LogP contribution in [0.3, 0.4) is 0 Å². The number of carbonyl (C=O) groups is 1. The Morgan fingerprint density at radius 3 is 2.72 bits per heavy atom. The molecular formula is C19H24N4O2. The van der Waals surface area contributed by atoms with Crippen LogP contribution in [0, 0.1) is 0 Å². The summed E-state index contributed by atoms with van der Waals surface area (Å²) in [7, 11) is 0. The van der Waals surface area contributed by atoms with Gasteiger partial charge in [-0.2, -0.15) is 0 Å². The highest BCUT2D eigenvalue weighted by Crippen LogP contribution is 2.27. The molecule has 0 radical (unpaired) electrons. The fourth-order valence-corrected chi connectivity index (χ4v) is 3.41. The van der Waals surface area contributed by atoms with Gasteiger partial charge in [0.05, 0.1) is 6.10 Å². The zero-order valence-electron chi connectivity index (χ0n) is 14.2. The second kappa shape index (κ2) is 8.07. The number of nitrogens with two attached hydrogens (primary N) is 1. The van der Waals surface area contributed by atoms with Crippen LogP contribution in [-0.2, 0) is 0 Å². The van der Waals surface area contributed by atoms with E-state index in [1.165, 1.54) is 12.4 Å². The highest BCUT2D eigenvalue weighted by Gasteiger charge is 2.30. The van der Waals surface area contributed by atoms with Crippen molar-refractivity contribution < 1.29 is 9.90 Å². The van der Waals surface area contributed by atoms with Crippen molar-refractivity contribution in [3.05, 3.63) is 54.0 Å². The Morgan fingerprint density at radius 2 is 1.96 bits per heavy atom. The highest BCUT2D eigenvalue weighted by atomic mass is 16.3. The lowest BCUT2D eigenvalue weighted by Crippen LogP contribution is -2.41. The number of hydrogen-bond donors (Lipinski definition) is 2. The molecule has 25 heavy (non-hydrogen) atoms. The quantitative estimate of drug-likeness (QED) is 0.892. The summed E-state index contributed by atoms with van der Waals surface area (Å²) in [5, 5.41) is 10.6. The van der Waals surface area contributed by atoms with Crippen molar-refractivity contribution in [1.29, 1.82) is 0 Å². The number of amides is 1. The minimum Gasteiger partial charge on any atom is -0.388 e. The number of nitrogens with zero attached hydrogens (tertiary/aromatic N) is 3. The van der Waals surface area contributed by atoms with Gasteiger partial charge in [-0.1, -0.05) is 43.2 Å². The molecular weight excluding hydrogens is 316 g/mol. The van der Waals surface area contributed by atoms with Gasteiger partial charge in [-0.3, -0.25) is 4.79 Å². The van der Waals surface area contributed by atoms with Crippen LogP contribution in [-0.4, -0.2) is 38.5 Å². The number of aromatic nitrogens is 2. The summed E-state index contributed by atoms with van der Waals surface area (Å²) in [5.74, 6) is -0.0446. The van der Waals surface area contributed by atoms with Gasteiger partial charge in [0.2, 0.25) is 0 Å². The standard InChI is InChI=1S/C19H24N4O2/c20-18-17(21-10-11-22-18)19(25)23-12-6-2-5-9-15(23)13-16(24)14-7-3-1-4-8-14/h1,3-4,7-8,10-11,15-16,24H,2,5-6,9,12-13H2,(H2,20,22). The lowest BCUT2D eigenvalue weighted by molar-refractivity contribution is 0.0583. The molecule has 132 valence electrons. The molecule has 1 aromatic carbocycles. The third kappa shape index (κ3) is 4.14. The summed E-state index contributed by atoms with van der Waals surface area (Å²) < 4.78 is 0. The summed E-state index contributed by atoms with van der Waals surface area (Å²) in [6.07, 6.45) is 6.82. The predicted molar refractivity (Wildman–Crippen MR) is 95.8 cm³/mol. The third-order valence-electron chi connectivity index (χ3n) is 4.75. The van der Waals surface area contributed by atoms with Crippen molar-refractivity contribution in [1.82, 2.24) is 14.9 Å². The second-order valence-electron chi connectivity index (χ2n) is 6.45. The van der Waals surface area contributed by atoms with Crippen molar-refractivity contribution in [2.45, 2.75) is 44.2 Å². The number of aliphatic hydroxyl groups is 1. The summed E-state index contributed by atoms with van der Waals surface area (Å²) in [4.78, 5) is 22.9. The van der Waals surface area contributed by atoms with E-state index in [1.54, 1.807) is 0 Å². The molecule has 1 amide bonds. The van der Waals surface area contributed by atoms with Gasteiger partial charge in [-0.15, -0.1) is 0 Å². The highest BCUT2D eigenvalue weighted by molar-refractivity contribution is 5.96. The first-order valence-electron chi connectivity index (χ1n) is 8.77. The van der Waals surface area contributed by atoms with E-state index in [-0.39, 0.29) is 23.5 Å². The molecule has 6 heteroatoms. The summed E-state index contributed by atoms with van der Waals surface area (Å²) in [6, 6.07) is 9.53. The molecule has 1 aromatic heterocycles. The maximum atomic E-state index is 13.0. The largest absolute Gasteiger partial charge is 0.388 e. The Kier molecular flexibility index (Phi) is 5.60. The first-order valence-corrected chi connectivity index (χ1v) is 8.77. The van der Waals surface area contributed by atoms with Crippen LogP contribution in [0.4, 0.5) is 5.82 Å². The van der Waals surface area contributed by atoms with Gasteiger partial charge in [0.25, 0.3) is 5.91 Å². The van der Waals surface area contributed by atoms with E-state index in [0.717, 1.165) is 31.2 Å². The Labute approximate surface area is 147 Å². The fourth-order valence-electron chi connectivity index (χ4n) is 3.41. The number of carbonyl (C=O) groups excluding carboxylic acids is 1. The Bertz CT molecular complexity index is 708. The van der Waals surface area contributed by atoms with Gasteiger partial charge in [-0.25, -0.2) is 9.97 Å². The van der Waals surface area contributed by atoms with E-state index in [2.05, 4.69) is 9.97 Å². The molecule has 1 fully saturated rings. The van der Waals surface area contributed by atoms with E-state index in [1.807, 2.05) is 35.2 Å². The molecule has 1 aliphatic heterocycles. The maximum Gasteiger partial charge on any atom is 0.276 e. The molecule has 1 saturated heterocycles. The number of likely N-dealkylation sites (tertiary alicyclic amines) is 1. The molecule has 2 aromatic rings. The lowest BCUT2D eigenvalue weighted by atomic mass is 9.98.